The molecule has 0 atom stereocenters. The third-order valence-corrected chi connectivity index (χ3v) is 3.58. The van der Waals surface area contributed by atoms with Crippen LogP contribution in [0.1, 0.15) is 25.7 Å². The molecule has 18 heavy (non-hydrogen) atoms. The van der Waals surface area contributed by atoms with E-state index in [1.54, 1.807) is 12.1 Å². The number of halogens is 2. The van der Waals surface area contributed by atoms with Crippen molar-refractivity contribution >= 4 is 12.4 Å². The highest BCUT2D eigenvalue weighted by atomic mass is 35.5. The van der Waals surface area contributed by atoms with Gasteiger partial charge in [0.2, 0.25) is 0 Å². The van der Waals surface area contributed by atoms with Gasteiger partial charge in [-0.1, -0.05) is 6.07 Å². The molecular weight excluding hydrogens is 253 g/mol. The lowest BCUT2D eigenvalue weighted by Crippen LogP contribution is -2.24. The van der Waals surface area contributed by atoms with Gasteiger partial charge in [0, 0.05) is 6.07 Å². The lowest BCUT2D eigenvalue weighted by atomic mass is 9.82. The molecule has 0 saturated heterocycles. The van der Waals surface area contributed by atoms with Gasteiger partial charge in [-0.05, 0) is 56.2 Å². The minimum Gasteiger partial charge on any atom is -0.493 e. The number of hydrogen-bond acceptors (Lipinski definition) is 2. The summed E-state index contributed by atoms with van der Waals surface area (Å²) in [6, 6.07) is 6.34. The maximum atomic E-state index is 12.9. The molecule has 0 amide bonds. The van der Waals surface area contributed by atoms with Gasteiger partial charge in [-0.15, -0.1) is 12.4 Å². The van der Waals surface area contributed by atoms with Crippen molar-refractivity contribution in [3.05, 3.63) is 30.1 Å². The Morgan fingerprint density at radius 3 is 2.44 bits per heavy atom. The van der Waals surface area contributed by atoms with E-state index < -0.39 is 0 Å². The van der Waals surface area contributed by atoms with Crippen LogP contribution in [0.2, 0.25) is 0 Å². The van der Waals surface area contributed by atoms with Crippen molar-refractivity contribution in [3.8, 4) is 5.75 Å². The van der Waals surface area contributed by atoms with Crippen LogP contribution >= 0.6 is 12.4 Å². The quantitative estimate of drug-likeness (QED) is 0.913. The van der Waals surface area contributed by atoms with Crippen molar-refractivity contribution in [2.45, 2.75) is 25.7 Å². The Morgan fingerprint density at radius 1 is 1.17 bits per heavy atom. The highest BCUT2D eigenvalue weighted by molar-refractivity contribution is 5.85. The van der Waals surface area contributed by atoms with Crippen molar-refractivity contribution in [1.29, 1.82) is 0 Å². The molecule has 4 heteroatoms. The van der Waals surface area contributed by atoms with E-state index in [-0.39, 0.29) is 18.2 Å². The molecule has 1 fully saturated rings. The second-order valence-corrected chi connectivity index (χ2v) is 4.89. The summed E-state index contributed by atoms with van der Waals surface area (Å²) in [6.45, 7) is 1.50. The molecule has 1 aliphatic carbocycles. The number of rotatable bonds is 4. The number of benzene rings is 1. The van der Waals surface area contributed by atoms with Crippen molar-refractivity contribution in [3.63, 3.8) is 0 Å². The molecule has 0 aliphatic heterocycles. The molecule has 2 nitrogen and oxygen atoms in total. The van der Waals surface area contributed by atoms with Gasteiger partial charge < -0.3 is 10.5 Å². The Balaban J connectivity index is 0.00000162. The molecule has 2 rings (SSSR count). The van der Waals surface area contributed by atoms with Gasteiger partial charge in [0.1, 0.15) is 11.6 Å². The maximum Gasteiger partial charge on any atom is 0.126 e. The van der Waals surface area contributed by atoms with E-state index in [0.29, 0.717) is 24.2 Å². The van der Waals surface area contributed by atoms with E-state index in [2.05, 4.69) is 0 Å². The highest BCUT2D eigenvalue weighted by Crippen LogP contribution is 2.28. The highest BCUT2D eigenvalue weighted by Gasteiger charge is 2.20. The third-order valence-electron chi connectivity index (χ3n) is 3.58. The summed E-state index contributed by atoms with van der Waals surface area (Å²) in [4.78, 5) is 0. The van der Waals surface area contributed by atoms with Crippen LogP contribution in [0.3, 0.4) is 0 Å². The van der Waals surface area contributed by atoms with Crippen LogP contribution in [0.25, 0.3) is 0 Å². The molecule has 102 valence electrons. The summed E-state index contributed by atoms with van der Waals surface area (Å²) < 4.78 is 18.6. The third kappa shape index (κ3) is 4.46. The predicted octanol–water partition coefficient (Wildman–Crippen LogP) is 3.39. The summed E-state index contributed by atoms with van der Waals surface area (Å²) in [7, 11) is 0. The average molecular weight is 274 g/mol. The van der Waals surface area contributed by atoms with Gasteiger partial charge in [-0.25, -0.2) is 4.39 Å². The minimum absolute atomic E-state index is 0. The summed E-state index contributed by atoms with van der Waals surface area (Å²) >= 11 is 0. The zero-order valence-electron chi connectivity index (χ0n) is 10.5. The van der Waals surface area contributed by atoms with Crippen LogP contribution in [-0.2, 0) is 0 Å². The fourth-order valence-electron chi connectivity index (χ4n) is 2.40. The molecule has 0 spiro atoms. The first-order valence-corrected chi connectivity index (χ1v) is 6.36. The van der Waals surface area contributed by atoms with Crippen LogP contribution in [0.4, 0.5) is 4.39 Å². The first-order valence-electron chi connectivity index (χ1n) is 6.36. The summed E-state index contributed by atoms with van der Waals surface area (Å²) in [5.74, 6) is 1.68. The molecule has 1 aromatic carbocycles. The second kappa shape index (κ2) is 7.59. The van der Waals surface area contributed by atoms with Gasteiger partial charge in [0.05, 0.1) is 6.61 Å². The summed E-state index contributed by atoms with van der Waals surface area (Å²) in [6.07, 6.45) is 4.76. The SMILES string of the molecule is Cl.NCC1CCC(COc2cccc(F)c2)CC1. The van der Waals surface area contributed by atoms with Crippen molar-refractivity contribution in [1.82, 2.24) is 0 Å². The topological polar surface area (TPSA) is 35.2 Å². The van der Waals surface area contributed by atoms with E-state index in [1.165, 1.54) is 37.8 Å². The van der Waals surface area contributed by atoms with Crippen LogP contribution < -0.4 is 10.5 Å². The standard InChI is InChI=1S/C14H20FNO.ClH/c15-13-2-1-3-14(8-13)17-10-12-6-4-11(9-16)5-7-12;/h1-3,8,11-12H,4-7,9-10,16H2;1H. The van der Waals surface area contributed by atoms with E-state index >= 15 is 0 Å². The molecule has 1 saturated carbocycles. The largest absolute Gasteiger partial charge is 0.493 e. The van der Waals surface area contributed by atoms with Crippen molar-refractivity contribution in [2.24, 2.45) is 17.6 Å². The van der Waals surface area contributed by atoms with Gasteiger partial charge in [0.25, 0.3) is 0 Å². The Bertz CT molecular complexity index is 353. The Kier molecular flexibility index (Phi) is 6.44. The molecule has 0 heterocycles. The maximum absolute atomic E-state index is 12.9. The molecule has 0 radical (unpaired) electrons. The van der Waals surface area contributed by atoms with Gasteiger partial charge >= 0.3 is 0 Å². The molecule has 0 bridgehead atoms. The molecule has 0 aromatic heterocycles. The van der Waals surface area contributed by atoms with Gasteiger partial charge in [-0.3, -0.25) is 0 Å². The average Bonchev–Trinajstić information content (AvgIpc) is 2.37. The van der Waals surface area contributed by atoms with Crippen LogP contribution in [-0.4, -0.2) is 13.2 Å². The summed E-state index contributed by atoms with van der Waals surface area (Å²) in [5, 5.41) is 0. The zero-order valence-corrected chi connectivity index (χ0v) is 11.3. The fourth-order valence-corrected chi connectivity index (χ4v) is 2.40. The van der Waals surface area contributed by atoms with Crippen molar-refractivity contribution in [2.75, 3.05) is 13.2 Å². The Hall–Kier alpha value is -0.800. The van der Waals surface area contributed by atoms with Gasteiger partial charge in [0.15, 0.2) is 0 Å². The molecular formula is C14H21ClFNO. The van der Waals surface area contributed by atoms with Crippen molar-refractivity contribution < 1.29 is 9.13 Å². The smallest absolute Gasteiger partial charge is 0.126 e. The van der Waals surface area contributed by atoms with Gasteiger partial charge in [-0.2, -0.15) is 0 Å². The number of hydrogen-bond donors (Lipinski definition) is 1. The molecule has 2 N–H and O–H groups in total. The molecule has 1 aromatic rings. The van der Waals surface area contributed by atoms with Crippen LogP contribution in [0.5, 0.6) is 5.75 Å². The van der Waals surface area contributed by atoms with E-state index in [9.17, 15) is 4.39 Å². The number of nitrogens with two attached hydrogens (primary N) is 1. The minimum atomic E-state index is -0.241. The lowest BCUT2D eigenvalue weighted by molar-refractivity contribution is 0.184. The van der Waals surface area contributed by atoms with Crippen LogP contribution in [0, 0.1) is 17.7 Å². The molecule has 1 aliphatic rings. The van der Waals surface area contributed by atoms with Crippen LogP contribution in [0.15, 0.2) is 24.3 Å². The molecule has 0 unspecified atom stereocenters. The monoisotopic (exact) mass is 273 g/mol. The second-order valence-electron chi connectivity index (χ2n) is 4.89. The predicted molar refractivity (Wildman–Crippen MR) is 73.6 cm³/mol. The first-order chi connectivity index (χ1) is 8.28. The Morgan fingerprint density at radius 2 is 1.83 bits per heavy atom. The van der Waals surface area contributed by atoms with E-state index in [1.807, 2.05) is 0 Å². The van der Waals surface area contributed by atoms with E-state index in [0.717, 1.165) is 6.54 Å². The number of ether oxygens (including phenoxy) is 1. The fraction of sp³-hybridized carbons (Fsp3) is 0.571. The zero-order chi connectivity index (χ0) is 12.1. The summed E-state index contributed by atoms with van der Waals surface area (Å²) in [5.41, 5.74) is 5.66. The lowest BCUT2D eigenvalue weighted by Gasteiger charge is -2.27. The van der Waals surface area contributed by atoms with E-state index in [4.69, 9.17) is 10.5 Å². The first kappa shape index (κ1) is 15.3. The normalized spacial score (nSPS) is 23.2. The Labute approximate surface area is 114 Å².